The number of aromatic nitrogens is 2. The Morgan fingerprint density at radius 2 is 1.83 bits per heavy atom. The summed E-state index contributed by atoms with van der Waals surface area (Å²) in [6, 6.07) is 12.6. The first-order chi connectivity index (χ1) is 13.7. The number of benzene rings is 2. The van der Waals surface area contributed by atoms with Gasteiger partial charge in [-0.15, -0.1) is 0 Å². The Morgan fingerprint density at radius 1 is 1.14 bits per heavy atom. The Balaban J connectivity index is 1.73. The minimum absolute atomic E-state index is 0.0588. The molecule has 3 aromatic rings. The zero-order chi connectivity index (χ0) is 21.2. The summed E-state index contributed by atoms with van der Waals surface area (Å²) in [4.78, 5) is 16.9. The van der Waals surface area contributed by atoms with Crippen LogP contribution in [0.3, 0.4) is 0 Å². The molecule has 1 aromatic heterocycles. The van der Waals surface area contributed by atoms with Gasteiger partial charge in [-0.1, -0.05) is 41.1 Å². The third-order valence-corrected chi connectivity index (χ3v) is 5.76. The van der Waals surface area contributed by atoms with Crippen LogP contribution in [0.5, 0.6) is 0 Å². The number of carbonyl (C=O) groups is 1. The summed E-state index contributed by atoms with van der Waals surface area (Å²) in [5.74, 6) is 0.361. The fourth-order valence-corrected chi connectivity index (χ4v) is 3.34. The summed E-state index contributed by atoms with van der Waals surface area (Å²) in [5.41, 5.74) is 3.33. The number of anilines is 1. The molecule has 0 saturated heterocycles. The van der Waals surface area contributed by atoms with Crippen LogP contribution in [0.15, 0.2) is 47.0 Å². The first-order valence-electron chi connectivity index (χ1n) is 8.88. The Kier molecular flexibility index (Phi) is 5.69. The molecule has 0 saturated carbocycles. The summed E-state index contributed by atoms with van der Waals surface area (Å²) < 4.78 is 30.0. The van der Waals surface area contributed by atoms with Crippen molar-refractivity contribution >= 4 is 21.6 Å². The molecule has 1 N–H and O–H groups in total. The van der Waals surface area contributed by atoms with Gasteiger partial charge in [0, 0.05) is 18.2 Å². The second-order valence-electron chi connectivity index (χ2n) is 6.74. The van der Waals surface area contributed by atoms with Crippen LogP contribution in [-0.4, -0.2) is 37.8 Å². The van der Waals surface area contributed by atoms with Gasteiger partial charge in [0.2, 0.25) is 21.7 Å². The predicted molar refractivity (Wildman–Crippen MR) is 110 cm³/mol. The van der Waals surface area contributed by atoms with E-state index < -0.39 is 10.0 Å². The number of amides is 1. The Labute approximate surface area is 169 Å². The monoisotopic (exact) mass is 414 g/mol. The van der Waals surface area contributed by atoms with Crippen molar-refractivity contribution in [3.8, 4) is 11.4 Å². The van der Waals surface area contributed by atoms with Crippen LogP contribution in [0.25, 0.3) is 11.4 Å². The van der Waals surface area contributed by atoms with Crippen molar-refractivity contribution in [2.24, 2.45) is 0 Å². The fraction of sp³-hybridized carbons (Fsp3) is 0.250. The van der Waals surface area contributed by atoms with E-state index in [1.54, 1.807) is 25.1 Å². The molecule has 29 heavy (non-hydrogen) atoms. The molecule has 0 bridgehead atoms. The van der Waals surface area contributed by atoms with E-state index in [4.69, 9.17) is 4.52 Å². The maximum absolute atomic E-state index is 12.6. The van der Waals surface area contributed by atoms with Crippen LogP contribution in [0.1, 0.15) is 27.4 Å². The number of hydrogen-bond donors (Lipinski definition) is 1. The summed E-state index contributed by atoms with van der Waals surface area (Å²) in [6.07, 6.45) is 1.11. The van der Waals surface area contributed by atoms with Gasteiger partial charge in [-0.3, -0.25) is 9.10 Å². The molecule has 2 aromatic carbocycles. The molecule has 0 atom stereocenters. The van der Waals surface area contributed by atoms with Gasteiger partial charge in [-0.2, -0.15) is 4.98 Å². The molecule has 0 aliphatic rings. The molecule has 1 amide bonds. The highest BCUT2D eigenvalue weighted by Gasteiger charge is 2.19. The quantitative estimate of drug-likeness (QED) is 0.665. The average Bonchev–Trinajstić information content (AvgIpc) is 3.14. The first kappa shape index (κ1) is 20.5. The summed E-state index contributed by atoms with van der Waals surface area (Å²) in [7, 11) is -1.99. The Hall–Kier alpha value is -3.20. The molecule has 8 nitrogen and oxygen atoms in total. The number of sulfonamides is 1. The second kappa shape index (κ2) is 8.04. The van der Waals surface area contributed by atoms with E-state index in [9.17, 15) is 13.2 Å². The average molecular weight is 414 g/mol. The molecule has 0 fully saturated rings. The zero-order valence-electron chi connectivity index (χ0n) is 16.6. The number of aryl methyl sites for hydroxylation is 1. The van der Waals surface area contributed by atoms with E-state index >= 15 is 0 Å². The van der Waals surface area contributed by atoms with Crippen molar-refractivity contribution in [2.45, 2.75) is 20.4 Å². The summed E-state index contributed by atoms with van der Waals surface area (Å²) in [6.45, 7) is 3.75. The van der Waals surface area contributed by atoms with E-state index in [1.807, 2.05) is 31.2 Å². The fourth-order valence-electron chi connectivity index (χ4n) is 2.79. The maximum atomic E-state index is 12.6. The second-order valence-corrected chi connectivity index (χ2v) is 8.75. The van der Waals surface area contributed by atoms with Crippen molar-refractivity contribution < 1.29 is 17.7 Å². The standard InChI is InChI=1S/C20H22N4O4S/c1-13-8-10-15(11-9-13)19-22-18(28-23-19)12-21-20(25)16-6-5-7-17(14(16)2)24(3)29(4,26)27/h5-11H,12H2,1-4H3,(H,21,25). The zero-order valence-corrected chi connectivity index (χ0v) is 17.4. The smallest absolute Gasteiger partial charge is 0.252 e. The number of carbonyl (C=O) groups excluding carboxylic acids is 1. The molecule has 0 unspecified atom stereocenters. The predicted octanol–water partition coefficient (Wildman–Crippen LogP) is 2.68. The van der Waals surface area contributed by atoms with Crippen LogP contribution in [0.2, 0.25) is 0 Å². The molecule has 152 valence electrons. The summed E-state index contributed by atoms with van der Waals surface area (Å²) in [5, 5.41) is 6.67. The van der Waals surface area contributed by atoms with Gasteiger partial charge in [0.1, 0.15) is 0 Å². The van der Waals surface area contributed by atoms with Gasteiger partial charge in [-0.25, -0.2) is 8.42 Å². The molecule has 0 spiro atoms. The van der Waals surface area contributed by atoms with Crippen molar-refractivity contribution in [1.29, 1.82) is 0 Å². The van der Waals surface area contributed by atoms with Gasteiger partial charge >= 0.3 is 0 Å². The minimum Gasteiger partial charge on any atom is -0.343 e. The van der Waals surface area contributed by atoms with Crippen LogP contribution in [-0.2, 0) is 16.6 Å². The van der Waals surface area contributed by atoms with Gasteiger partial charge in [0.05, 0.1) is 18.5 Å². The SMILES string of the molecule is Cc1ccc(-c2noc(CNC(=O)c3cccc(N(C)S(C)(=O)=O)c3C)n2)cc1. The van der Waals surface area contributed by atoms with Crippen molar-refractivity contribution in [1.82, 2.24) is 15.5 Å². The Morgan fingerprint density at radius 3 is 2.48 bits per heavy atom. The maximum Gasteiger partial charge on any atom is 0.252 e. The third-order valence-electron chi connectivity index (χ3n) is 4.56. The number of rotatable bonds is 6. The minimum atomic E-state index is -3.43. The largest absolute Gasteiger partial charge is 0.343 e. The van der Waals surface area contributed by atoms with E-state index in [0.717, 1.165) is 21.7 Å². The van der Waals surface area contributed by atoms with Crippen molar-refractivity contribution in [3.05, 3.63) is 65.0 Å². The van der Waals surface area contributed by atoms with E-state index in [2.05, 4.69) is 15.5 Å². The first-order valence-corrected chi connectivity index (χ1v) is 10.7. The molecule has 0 aliphatic carbocycles. The highest BCUT2D eigenvalue weighted by Crippen LogP contribution is 2.24. The highest BCUT2D eigenvalue weighted by molar-refractivity contribution is 7.92. The molecular formula is C20H22N4O4S. The third kappa shape index (κ3) is 4.62. The lowest BCUT2D eigenvalue weighted by Crippen LogP contribution is -2.28. The molecule has 0 radical (unpaired) electrons. The van der Waals surface area contributed by atoms with Gasteiger partial charge in [0.25, 0.3) is 5.91 Å². The topological polar surface area (TPSA) is 105 Å². The number of nitrogens with one attached hydrogen (secondary N) is 1. The van der Waals surface area contributed by atoms with Gasteiger partial charge in [-0.05, 0) is 31.5 Å². The van der Waals surface area contributed by atoms with Crippen molar-refractivity contribution in [2.75, 3.05) is 17.6 Å². The number of nitrogens with zero attached hydrogens (tertiary/aromatic N) is 3. The van der Waals surface area contributed by atoms with Crippen molar-refractivity contribution in [3.63, 3.8) is 0 Å². The molecule has 0 aliphatic heterocycles. The lowest BCUT2D eigenvalue weighted by molar-refractivity contribution is 0.0945. The molecule has 3 rings (SSSR count). The summed E-state index contributed by atoms with van der Waals surface area (Å²) >= 11 is 0. The molecular weight excluding hydrogens is 392 g/mol. The van der Waals surface area contributed by atoms with E-state index in [1.165, 1.54) is 7.05 Å². The van der Waals surface area contributed by atoms with Crippen LogP contribution in [0, 0.1) is 13.8 Å². The van der Waals surface area contributed by atoms with E-state index in [0.29, 0.717) is 22.6 Å². The molecule has 9 heteroatoms. The van der Waals surface area contributed by atoms with Crippen LogP contribution < -0.4 is 9.62 Å². The highest BCUT2D eigenvalue weighted by atomic mass is 32.2. The van der Waals surface area contributed by atoms with Gasteiger partial charge in [0.15, 0.2) is 0 Å². The lowest BCUT2D eigenvalue weighted by Gasteiger charge is -2.20. The number of hydrogen-bond acceptors (Lipinski definition) is 6. The molecule has 1 heterocycles. The van der Waals surface area contributed by atoms with E-state index in [-0.39, 0.29) is 18.3 Å². The lowest BCUT2D eigenvalue weighted by atomic mass is 10.1. The normalized spacial score (nSPS) is 11.3. The van der Waals surface area contributed by atoms with Crippen LogP contribution in [0.4, 0.5) is 5.69 Å². The van der Waals surface area contributed by atoms with Crippen LogP contribution >= 0.6 is 0 Å². The Bertz CT molecular complexity index is 1140. The van der Waals surface area contributed by atoms with Gasteiger partial charge < -0.3 is 9.84 Å².